The molecule has 1 atom stereocenters. The normalized spacial score (nSPS) is 23.3. The van der Waals surface area contributed by atoms with Crippen molar-refractivity contribution >= 4 is 17.2 Å². The lowest BCUT2D eigenvalue weighted by Crippen LogP contribution is -2.34. The van der Waals surface area contributed by atoms with Crippen molar-refractivity contribution in [2.45, 2.75) is 32.8 Å². The second kappa shape index (κ2) is 5.23. The summed E-state index contributed by atoms with van der Waals surface area (Å²) in [5.41, 5.74) is 5.67. The van der Waals surface area contributed by atoms with Gasteiger partial charge in [0.15, 0.2) is 0 Å². The van der Waals surface area contributed by atoms with Gasteiger partial charge in [-0.3, -0.25) is 0 Å². The van der Waals surface area contributed by atoms with Crippen LogP contribution in [-0.2, 0) is 4.74 Å². The van der Waals surface area contributed by atoms with Crippen LogP contribution in [0.4, 0.5) is 0 Å². The van der Waals surface area contributed by atoms with Crippen molar-refractivity contribution < 1.29 is 4.74 Å². The summed E-state index contributed by atoms with van der Waals surface area (Å²) in [6.07, 6.45) is 2.58. The van der Waals surface area contributed by atoms with Crippen molar-refractivity contribution in [3.63, 3.8) is 0 Å². The van der Waals surface area contributed by atoms with E-state index in [4.69, 9.17) is 22.7 Å². The van der Waals surface area contributed by atoms with Crippen LogP contribution >= 0.6 is 12.2 Å². The van der Waals surface area contributed by atoms with Crippen LogP contribution in [-0.4, -0.2) is 42.7 Å². The molecule has 0 aromatic rings. The average Bonchev–Trinajstić information content (AvgIpc) is 2.62. The van der Waals surface area contributed by atoms with E-state index < -0.39 is 0 Å². The van der Waals surface area contributed by atoms with E-state index in [1.807, 2.05) is 0 Å². The first kappa shape index (κ1) is 12.9. The molecule has 0 aromatic heterocycles. The van der Waals surface area contributed by atoms with Gasteiger partial charge in [-0.25, -0.2) is 0 Å². The Labute approximate surface area is 98.0 Å². The van der Waals surface area contributed by atoms with Gasteiger partial charge in [-0.1, -0.05) is 26.1 Å². The minimum absolute atomic E-state index is 0.0273. The second-order valence-electron chi connectivity index (χ2n) is 4.95. The standard InChI is InChI=1S/C11H22N2OS/c1-11(2,10(12)15)5-7-13-6-4-9(8-13)14-3/h9H,4-8H2,1-3H3,(H2,12,15). The zero-order valence-electron chi connectivity index (χ0n) is 9.95. The van der Waals surface area contributed by atoms with E-state index in [2.05, 4.69) is 18.7 Å². The number of ether oxygens (including phenoxy) is 1. The predicted octanol–water partition coefficient (Wildman–Crippen LogP) is 1.41. The third-order valence-corrected chi connectivity index (χ3v) is 3.84. The van der Waals surface area contributed by atoms with Gasteiger partial charge in [-0.2, -0.15) is 0 Å². The maximum Gasteiger partial charge on any atom is 0.0784 e. The van der Waals surface area contributed by atoms with Gasteiger partial charge in [0.05, 0.1) is 11.1 Å². The lowest BCUT2D eigenvalue weighted by molar-refractivity contribution is 0.107. The van der Waals surface area contributed by atoms with Crippen LogP contribution in [0.3, 0.4) is 0 Å². The molecular formula is C11H22N2OS. The number of hydrogen-bond acceptors (Lipinski definition) is 3. The Hall–Kier alpha value is -0.190. The Morgan fingerprint density at radius 2 is 2.27 bits per heavy atom. The fraction of sp³-hybridized carbons (Fsp3) is 0.909. The molecule has 1 saturated heterocycles. The number of methoxy groups -OCH3 is 1. The highest BCUT2D eigenvalue weighted by Gasteiger charge is 2.26. The summed E-state index contributed by atoms with van der Waals surface area (Å²) in [4.78, 5) is 3.04. The molecule has 88 valence electrons. The number of rotatable bonds is 5. The summed E-state index contributed by atoms with van der Waals surface area (Å²) >= 11 is 5.05. The zero-order chi connectivity index (χ0) is 11.5. The van der Waals surface area contributed by atoms with Crippen LogP contribution in [0.5, 0.6) is 0 Å². The van der Waals surface area contributed by atoms with Crippen LogP contribution < -0.4 is 5.73 Å². The molecule has 3 nitrogen and oxygen atoms in total. The van der Waals surface area contributed by atoms with E-state index in [9.17, 15) is 0 Å². The summed E-state index contributed by atoms with van der Waals surface area (Å²) in [6, 6.07) is 0. The smallest absolute Gasteiger partial charge is 0.0784 e. The number of thiocarbonyl (C=S) groups is 1. The predicted molar refractivity (Wildman–Crippen MR) is 67.0 cm³/mol. The molecule has 15 heavy (non-hydrogen) atoms. The second-order valence-corrected chi connectivity index (χ2v) is 5.38. The van der Waals surface area contributed by atoms with Crippen molar-refractivity contribution in [2.24, 2.45) is 11.1 Å². The molecule has 0 spiro atoms. The molecule has 4 heteroatoms. The van der Waals surface area contributed by atoms with Crippen LogP contribution in [0, 0.1) is 5.41 Å². The summed E-state index contributed by atoms with van der Waals surface area (Å²) in [6.45, 7) is 7.46. The average molecular weight is 230 g/mol. The Morgan fingerprint density at radius 1 is 1.60 bits per heavy atom. The van der Waals surface area contributed by atoms with Gasteiger partial charge in [0, 0.05) is 25.6 Å². The van der Waals surface area contributed by atoms with Crippen LogP contribution in [0.25, 0.3) is 0 Å². The number of nitrogens with zero attached hydrogens (tertiary/aromatic N) is 1. The summed E-state index contributed by atoms with van der Waals surface area (Å²) < 4.78 is 5.33. The van der Waals surface area contributed by atoms with Gasteiger partial charge in [0.2, 0.25) is 0 Å². The molecule has 1 heterocycles. The summed E-state index contributed by atoms with van der Waals surface area (Å²) in [5, 5.41) is 0. The van der Waals surface area contributed by atoms with E-state index >= 15 is 0 Å². The Kier molecular flexibility index (Phi) is 4.49. The topological polar surface area (TPSA) is 38.5 Å². The first-order valence-electron chi connectivity index (χ1n) is 5.51. The monoisotopic (exact) mass is 230 g/mol. The summed E-state index contributed by atoms with van der Waals surface area (Å²) in [7, 11) is 1.78. The number of likely N-dealkylation sites (tertiary alicyclic amines) is 1. The van der Waals surface area contributed by atoms with E-state index in [-0.39, 0.29) is 5.41 Å². The van der Waals surface area contributed by atoms with Gasteiger partial charge >= 0.3 is 0 Å². The fourth-order valence-electron chi connectivity index (χ4n) is 1.75. The fourth-order valence-corrected chi connectivity index (χ4v) is 1.86. The largest absolute Gasteiger partial charge is 0.393 e. The van der Waals surface area contributed by atoms with Crippen LogP contribution in [0.15, 0.2) is 0 Å². The molecule has 1 aliphatic rings. The third-order valence-electron chi connectivity index (χ3n) is 3.28. The molecule has 0 amide bonds. The Morgan fingerprint density at radius 3 is 2.73 bits per heavy atom. The number of hydrogen-bond donors (Lipinski definition) is 1. The molecule has 2 N–H and O–H groups in total. The van der Waals surface area contributed by atoms with Crippen molar-refractivity contribution in [3.8, 4) is 0 Å². The molecule has 1 fully saturated rings. The van der Waals surface area contributed by atoms with E-state index in [1.54, 1.807) is 7.11 Å². The first-order chi connectivity index (χ1) is 6.95. The first-order valence-corrected chi connectivity index (χ1v) is 5.91. The van der Waals surface area contributed by atoms with Crippen molar-refractivity contribution in [1.82, 2.24) is 4.90 Å². The van der Waals surface area contributed by atoms with E-state index in [1.165, 1.54) is 0 Å². The molecule has 1 rings (SSSR count). The van der Waals surface area contributed by atoms with E-state index in [0.29, 0.717) is 11.1 Å². The highest BCUT2D eigenvalue weighted by molar-refractivity contribution is 7.80. The molecule has 0 aromatic carbocycles. The minimum atomic E-state index is -0.0273. The van der Waals surface area contributed by atoms with Gasteiger partial charge in [0.1, 0.15) is 0 Å². The summed E-state index contributed by atoms with van der Waals surface area (Å²) in [5.74, 6) is 0. The zero-order valence-corrected chi connectivity index (χ0v) is 10.8. The van der Waals surface area contributed by atoms with Gasteiger partial charge in [0.25, 0.3) is 0 Å². The number of nitrogens with two attached hydrogens (primary N) is 1. The molecule has 0 radical (unpaired) electrons. The molecule has 1 aliphatic heterocycles. The third kappa shape index (κ3) is 3.70. The van der Waals surface area contributed by atoms with Gasteiger partial charge < -0.3 is 15.4 Å². The van der Waals surface area contributed by atoms with Crippen LogP contribution in [0.2, 0.25) is 0 Å². The highest BCUT2D eigenvalue weighted by Crippen LogP contribution is 2.22. The van der Waals surface area contributed by atoms with Gasteiger partial charge in [-0.05, 0) is 19.4 Å². The molecule has 1 unspecified atom stereocenters. The Bertz CT molecular complexity index is 231. The lowest BCUT2D eigenvalue weighted by atomic mass is 9.89. The van der Waals surface area contributed by atoms with Crippen molar-refractivity contribution in [2.75, 3.05) is 26.7 Å². The Balaban J connectivity index is 2.29. The maximum absolute atomic E-state index is 5.70. The van der Waals surface area contributed by atoms with Crippen molar-refractivity contribution in [3.05, 3.63) is 0 Å². The van der Waals surface area contributed by atoms with E-state index in [0.717, 1.165) is 32.5 Å². The molecule has 0 bridgehead atoms. The molecular weight excluding hydrogens is 208 g/mol. The van der Waals surface area contributed by atoms with Gasteiger partial charge in [-0.15, -0.1) is 0 Å². The quantitative estimate of drug-likeness (QED) is 0.725. The molecule has 0 saturated carbocycles. The SMILES string of the molecule is COC1CCN(CCC(C)(C)C(N)=S)C1. The van der Waals surface area contributed by atoms with Crippen LogP contribution in [0.1, 0.15) is 26.7 Å². The minimum Gasteiger partial charge on any atom is -0.393 e. The lowest BCUT2D eigenvalue weighted by Gasteiger charge is -2.26. The maximum atomic E-state index is 5.70. The highest BCUT2D eigenvalue weighted by atomic mass is 32.1. The van der Waals surface area contributed by atoms with Crippen molar-refractivity contribution in [1.29, 1.82) is 0 Å². The molecule has 0 aliphatic carbocycles.